The van der Waals surface area contributed by atoms with E-state index in [-0.39, 0.29) is 5.69 Å². The number of nitro groups is 1. The quantitative estimate of drug-likeness (QED) is 0.526. The van der Waals surface area contributed by atoms with Crippen LogP contribution in [0.3, 0.4) is 0 Å². The molecule has 0 atom stereocenters. The van der Waals surface area contributed by atoms with Gasteiger partial charge in [-0.1, -0.05) is 6.07 Å². The topological polar surface area (TPSA) is 80.4 Å². The molecule has 0 radical (unpaired) electrons. The maximum Gasteiger partial charge on any atom is 0.328 e. The molecular weight excluding hydrogens is 278 g/mol. The Kier molecular flexibility index (Phi) is 3.78. The molecule has 0 bridgehead atoms. The Balaban J connectivity index is 3.29. The minimum atomic E-state index is -1.09. The molecule has 0 saturated heterocycles. The minimum Gasteiger partial charge on any atom is -0.478 e. The molecular formula is C10H8BrNO4. The Morgan fingerprint density at radius 3 is 2.69 bits per heavy atom. The fraction of sp³-hybridized carbons (Fsp3) is 0.100. The number of carboxylic acids is 1. The highest BCUT2D eigenvalue weighted by Gasteiger charge is 2.17. The highest BCUT2D eigenvalue weighted by molar-refractivity contribution is 9.10. The van der Waals surface area contributed by atoms with Crippen LogP contribution in [-0.2, 0) is 4.79 Å². The molecule has 0 aromatic heterocycles. The third-order valence-electron chi connectivity index (χ3n) is 2.01. The summed E-state index contributed by atoms with van der Waals surface area (Å²) < 4.78 is 0.377. The van der Waals surface area contributed by atoms with Gasteiger partial charge in [0, 0.05) is 11.6 Å². The average molecular weight is 286 g/mol. The summed E-state index contributed by atoms with van der Waals surface area (Å²) in [6, 6.07) is 3.14. The number of carboxylic acid groups (broad SMARTS) is 1. The average Bonchev–Trinajstić information content (AvgIpc) is 2.15. The van der Waals surface area contributed by atoms with Gasteiger partial charge in [-0.25, -0.2) is 4.79 Å². The van der Waals surface area contributed by atoms with Crippen LogP contribution in [0.1, 0.15) is 11.1 Å². The number of nitrogens with zero attached hydrogens (tertiary/aromatic N) is 1. The molecule has 0 aliphatic rings. The summed E-state index contributed by atoms with van der Waals surface area (Å²) in [5.74, 6) is -1.09. The Bertz CT molecular complexity index is 482. The van der Waals surface area contributed by atoms with E-state index in [1.165, 1.54) is 12.1 Å². The van der Waals surface area contributed by atoms with Crippen molar-refractivity contribution in [2.45, 2.75) is 6.92 Å². The van der Waals surface area contributed by atoms with E-state index in [0.717, 1.165) is 6.08 Å². The van der Waals surface area contributed by atoms with Crippen molar-refractivity contribution >= 4 is 33.7 Å². The number of rotatable bonds is 3. The zero-order valence-electron chi connectivity index (χ0n) is 8.31. The first-order valence-corrected chi connectivity index (χ1v) is 5.07. The van der Waals surface area contributed by atoms with Crippen molar-refractivity contribution in [3.63, 3.8) is 0 Å². The van der Waals surface area contributed by atoms with Gasteiger partial charge in [-0.15, -0.1) is 0 Å². The summed E-state index contributed by atoms with van der Waals surface area (Å²) in [6.07, 6.45) is 2.27. The zero-order chi connectivity index (χ0) is 12.3. The van der Waals surface area contributed by atoms with Gasteiger partial charge < -0.3 is 5.11 Å². The number of aliphatic carboxylic acids is 1. The Labute approximate surface area is 99.7 Å². The van der Waals surface area contributed by atoms with Crippen LogP contribution in [0.5, 0.6) is 0 Å². The van der Waals surface area contributed by atoms with Gasteiger partial charge in [-0.05, 0) is 40.6 Å². The van der Waals surface area contributed by atoms with E-state index in [1.807, 2.05) is 0 Å². The summed E-state index contributed by atoms with van der Waals surface area (Å²) >= 11 is 3.08. The van der Waals surface area contributed by atoms with Crippen molar-refractivity contribution in [2.24, 2.45) is 0 Å². The smallest absolute Gasteiger partial charge is 0.328 e. The Hall–Kier alpha value is -1.69. The van der Waals surface area contributed by atoms with Crippen molar-refractivity contribution in [2.75, 3.05) is 0 Å². The highest BCUT2D eigenvalue weighted by atomic mass is 79.9. The lowest BCUT2D eigenvalue weighted by Gasteiger charge is -2.03. The second-order valence-electron chi connectivity index (χ2n) is 3.04. The second-order valence-corrected chi connectivity index (χ2v) is 3.89. The molecule has 0 amide bonds. The number of benzene rings is 1. The lowest BCUT2D eigenvalue weighted by Crippen LogP contribution is -1.95. The molecule has 16 heavy (non-hydrogen) atoms. The summed E-state index contributed by atoms with van der Waals surface area (Å²) in [7, 11) is 0. The maximum absolute atomic E-state index is 10.8. The van der Waals surface area contributed by atoms with Gasteiger partial charge >= 0.3 is 5.97 Å². The molecule has 0 unspecified atom stereocenters. The first kappa shape index (κ1) is 12.4. The molecule has 0 aliphatic carbocycles. The second kappa shape index (κ2) is 4.89. The lowest BCUT2D eigenvalue weighted by atomic mass is 10.1. The van der Waals surface area contributed by atoms with Crippen LogP contribution < -0.4 is 0 Å². The normalized spacial score (nSPS) is 10.6. The molecule has 1 aromatic carbocycles. The van der Waals surface area contributed by atoms with Gasteiger partial charge in [0.05, 0.1) is 9.40 Å². The Morgan fingerprint density at radius 1 is 1.56 bits per heavy atom. The number of nitro benzene ring substituents is 1. The van der Waals surface area contributed by atoms with E-state index < -0.39 is 10.9 Å². The Morgan fingerprint density at radius 2 is 2.19 bits per heavy atom. The van der Waals surface area contributed by atoms with Gasteiger partial charge in [0.25, 0.3) is 5.69 Å². The third kappa shape index (κ3) is 2.66. The summed E-state index contributed by atoms with van der Waals surface area (Å²) in [5.41, 5.74) is 0.890. The molecule has 0 aliphatic heterocycles. The number of hydrogen-bond acceptors (Lipinski definition) is 3. The van der Waals surface area contributed by atoms with E-state index in [4.69, 9.17) is 5.11 Å². The standard InChI is InChI=1S/C10H8BrNO4/c1-6-7(3-5-9(13)14)2-4-8(11)10(6)12(15)16/h2-5H,1H3,(H,13,14)/b5-3+. The molecule has 1 aromatic rings. The molecule has 5 nitrogen and oxygen atoms in total. The highest BCUT2D eigenvalue weighted by Crippen LogP contribution is 2.31. The van der Waals surface area contributed by atoms with Crippen LogP contribution in [0.15, 0.2) is 22.7 Å². The summed E-state index contributed by atoms with van der Waals surface area (Å²) in [5, 5.41) is 19.2. The van der Waals surface area contributed by atoms with Crippen molar-refractivity contribution in [1.29, 1.82) is 0 Å². The van der Waals surface area contributed by atoms with Crippen molar-refractivity contribution < 1.29 is 14.8 Å². The third-order valence-corrected chi connectivity index (χ3v) is 2.65. The van der Waals surface area contributed by atoms with E-state index >= 15 is 0 Å². The van der Waals surface area contributed by atoms with E-state index in [0.29, 0.717) is 15.6 Å². The van der Waals surface area contributed by atoms with Gasteiger partial charge in [0.1, 0.15) is 0 Å². The van der Waals surface area contributed by atoms with Gasteiger partial charge in [0.15, 0.2) is 0 Å². The number of halogens is 1. The predicted octanol–water partition coefficient (Wildman–Crippen LogP) is 2.76. The lowest BCUT2D eigenvalue weighted by molar-refractivity contribution is -0.386. The van der Waals surface area contributed by atoms with Crippen molar-refractivity contribution in [3.8, 4) is 0 Å². The zero-order valence-corrected chi connectivity index (χ0v) is 9.89. The van der Waals surface area contributed by atoms with E-state index in [9.17, 15) is 14.9 Å². The summed E-state index contributed by atoms with van der Waals surface area (Å²) in [6.45, 7) is 1.57. The van der Waals surface area contributed by atoms with Crippen LogP contribution in [0.4, 0.5) is 5.69 Å². The van der Waals surface area contributed by atoms with Crippen LogP contribution in [0, 0.1) is 17.0 Å². The van der Waals surface area contributed by atoms with E-state index in [2.05, 4.69) is 15.9 Å². The van der Waals surface area contributed by atoms with Gasteiger partial charge in [-0.2, -0.15) is 0 Å². The van der Waals surface area contributed by atoms with Crippen LogP contribution in [-0.4, -0.2) is 16.0 Å². The van der Waals surface area contributed by atoms with Crippen molar-refractivity contribution in [1.82, 2.24) is 0 Å². The predicted molar refractivity (Wildman–Crippen MR) is 62.2 cm³/mol. The molecule has 0 heterocycles. The molecule has 0 saturated carbocycles. The SMILES string of the molecule is Cc1c(/C=C/C(=O)O)ccc(Br)c1[N+](=O)[O-]. The van der Waals surface area contributed by atoms with E-state index in [1.54, 1.807) is 13.0 Å². The first-order chi connectivity index (χ1) is 7.43. The number of hydrogen-bond donors (Lipinski definition) is 1. The molecule has 1 rings (SSSR count). The van der Waals surface area contributed by atoms with Crippen LogP contribution in [0.25, 0.3) is 6.08 Å². The van der Waals surface area contributed by atoms with Gasteiger partial charge in [-0.3, -0.25) is 10.1 Å². The maximum atomic E-state index is 10.8. The van der Waals surface area contributed by atoms with Crippen LogP contribution >= 0.6 is 15.9 Å². The first-order valence-electron chi connectivity index (χ1n) is 4.28. The molecule has 1 N–H and O–H groups in total. The fourth-order valence-electron chi connectivity index (χ4n) is 1.25. The monoisotopic (exact) mass is 285 g/mol. The molecule has 84 valence electrons. The summed E-state index contributed by atoms with van der Waals surface area (Å²) in [4.78, 5) is 20.6. The largest absolute Gasteiger partial charge is 0.478 e. The van der Waals surface area contributed by atoms with Crippen LogP contribution in [0.2, 0.25) is 0 Å². The number of carbonyl (C=O) groups is 1. The molecule has 0 fully saturated rings. The molecule has 0 spiro atoms. The fourth-order valence-corrected chi connectivity index (χ4v) is 1.82. The molecule has 6 heteroatoms. The van der Waals surface area contributed by atoms with Gasteiger partial charge in [0.2, 0.25) is 0 Å². The minimum absolute atomic E-state index is 0.0486. The van der Waals surface area contributed by atoms with Crippen molar-refractivity contribution in [3.05, 3.63) is 43.9 Å².